The molecule has 7 heteroatoms. The molecule has 10 rings (SSSR count). The Labute approximate surface area is 275 Å². The van der Waals surface area contributed by atoms with Crippen molar-refractivity contribution >= 4 is 107 Å². The van der Waals surface area contributed by atoms with Crippen LogP contribution in [0, 0.1) is 11.3 Å². The number of nitrogens with zero attached hydrogens (tertiary/aromatic N) is 4. The van der Waals surface area contributed by atoms with Crippen LogP contribution in [0.1, 0.15) is 5.56 Å². The van der Waals surface area contributed by atoms with Crippen LogP contribution < -0.4 is 0 Å². The number of hydrogen-bond donors (Lipinski definition) is 0. The van der Waals surface area contributed by atoms with Gasteiger partial charge in [0, 0.05) is 53.0 Å². The second-order valence-electron chi connectivity index (χ2n) is 11.4. The Hall–Kier alpha value is -5.32. The van der Waals surface area contributed by atoms with E-state index < -0.39 is 0 Å². The second-order valence-corrected chi connectivity index (χ2v) is 13.8. The molecule has 0 aliphatic carbocycles. The van der Waals surface area contributed by atoms with E-state index >= 15 is 0 Å². The highest BCUT2D eigenvalue weighted by atomic mass is 35.5. The fourth-order valence-electron chi connectivity index (χ4n) is 7.14. The van der Waals surface area contributed by atoms with Gasteiger partial charge in [-0.25, -0.2) is 9.97 Å². The first-order valence-electron chi connectivity index (χ1n) is 14.8. The minimum absolute atomic E-state index is 0.188. The number of para-hydroxylation sites is 1. The molecule has 0 amide bonds. The van der Waals surface area contributed by atoms with E-state index in [1.807, 2.05) is 35.6 Å². The van der Waals surface area contributed by atoms with Crippen LogP contribution >= 0.6 is 34.3 Å². The standard InChI is InChI=1S/C39H19ClN4S2/c40-39-42-35(34-28-13-5-8-16-31(28)46-38(34)43-39)22-17-21(20-41)18-23(19-22)44-29-14-6-3-11-26(29)32-24-9-1-2-10-25(24)33-27-12-4-7-15-30(27)45-37(33)36(32)44/h1-19H. The summed E-state index contributed by atoms with van der Waals surface area (Å²) in [5.74, 6) is 0. The smallest absolute Gasteiger partial charge is 0.224 e. The van der Waals surface area contributed by atoms with E-state index in [9.17, 15) is 5.26 Å². The fraction of sp³-hybridized carbons (Fsp3) is 0. The van der Waals surface area contributed by atoms with Gasteiger partial charge in [-0.05, 0) is 58.8 Å². The molecular formula is C39H19ClN4S2. The Kier molecular flexibility index (Phi) is 5.41. The SMILES string of the molecule is N#Cc1cc(-c2nc(Cl)nc3sc4ccccc4c23)cc(-n2c3ccccc3c3c4ccccc4c4c5ccccc5sc4c32)c1. The molecule has 6 aromatic carbocycles. The van der Waals surface area contributed by atoms with E-state index in [2.05, 4.69) is 107 Å². The van der Waals surface area contributed by atoms with E-state index in [1.165, 1.54) is 41.7 Å². The van der Waals surface area contributed by atoms with Crippen LogP contribution in [0.4, 0.5) is 0 Å². The highest BCUT2D eigenvalue weighted by Gasteiger charge is 2.23. The van der Waals surface area contributed by atoms with Crippen LogP contribution in [0.2, 0.25) is 5.28 Å². The molecule has 4 aromatic heterocycles. The number of benzene rings is 6. The van der Waals surface area contributed by atoms with Crippen molar-refractivity contribution in [2.24, 2.45) is 0 Å². The molecule has 0 N–H and O–H groups in total. The van der Waals surface area contributed by atoms with Crippen LogP contribution in [0.5, 0.6) is 0 Å². The zero-order chi connectivity index (χ0) is 30.5. The van der Waals surface area contributed by atoms with E-state index in [1.54, 1.807) is 11.3 Å². The maximum atomic E-state index is 10.4. The summed E-state index contributed by atoms with van der Waals surface area (Å²) >= 11 is 9.97. The van der Waals surface area contributed by atoms with Crippen LogP contribution in [-0.4, -0.2) is 14.5 Å². The van der Waals surface area contributed by atoms with Crippen LogP contribution in [0.3, 0.4) is 0 Å². The average molecular weight is 643 g/mol. The molecule has 0 aliphatic rings. The lowest BCUT2D eigenvalue weighted by Gasteiger charge is -2.13. The van der Waals surface area contributed by atoms with E-state index in [4.69, 9.17) is 16.6 Å². The van der Waals surface area contributed by atoms with Gasteiger partial charge in [-0.2, -0.15) is 5.26 Å². The Balaban J connectivity index is 1.39. The minimum atomic E-state index is 0.188. The van der Waals surface area contributed by atoms with Crippen molar-refractivity contribution in [3.63, 3.8) is 0 Å². The minimum Gasteiger partial charge on any atom is -0.308 e. The van der Waals surface area contributed by atoms with Gasteiger partial charge < -0.3 is 4.57 Å². The Morgan fingerprint density at radius 2 is 1.26 bits per heavy atom. The first-order chi connectivity index (χ1) is 22.7. The van der Waals surface area contributed by atoms with Crippen molar-refractivity contribution in [2.45, 2.75) is 0 Å². The van der Waals surface area contributed by atoms with Gasteiger partial charge in [-0.1, -0.05) is 78.9 Å². The molecule has 4 nitrogen and oxygen atoms in total. The predicted molar refractivity (Wildman–Crippen MR) is 195 cm³/mol. The number of thiophene rings is 2. The van der Waals surface area contributed by atoms with Gasteiger partial charge in [0.05, 0.1) is 33.1 Å². The molecule has 0 atom stereocenters. The zero-order valence-electron chi connectivity index (χ0n) is 24.0. The molecule has 0 radical (unpaired) electrons. The third kappa shape index (κ3) is 3.53. The molecule has 0 spiro atoms. The van der Waals surface area contributed by atoms with Gasteiger partial charge in [-0.3, -0.25) is 0 Å². The Morgan fingerprint density at radius 1 is 0.630 bits per heavy atom. The predicted octanol–water partition coefficient (Wildman–Crippen LogP) is 11.7. The topological polar surface area (TPSA) is 54.5 Å². The molecule has 0 saturated carbocycles. The summed E-state index contributed by atoms with van der Waals surface area (Å²) in [5, 5.41) is 19.9. The van der Waals surface area contributed by atoms with Crippen molar-refractivity contribution < 1.29 is 0 Å². The summed E-state index contributed by atoms with van der Waals surface area (Å²) in [5.41, 5.74) is 5.23. The maximum Gasteiger partial charge on any atom is 0.224 e. The fourth-order valence-corrected chi connectivity index (χ4v) is 9.70. The summed E-state index contributed by atoms with van der Waals surface area (Å²) in [4.78, 5) is 10.2. The molecule has 10 aromatic rings. The monoisotopic (exact) mass is 642 g/mol. The molecule has 0 saturated heterocycles. The normalized spacial score (nSPS) is 12.0. The van der Waals surface area contributed by atoms with Crippen molar-refractivity contribution in [1.29, 1.82) is 5.26 Å². The number of halogens is 1. The lowest BCUT2D eigenvalue weighted by molar-refractivity contribution is 1.18. The maximum absolute atomic E-state index is 10.4. The molecule has 4 heterocycles. The Morgan fingerprint density at radius 3 is 2.02 bits per heavy atom. The largest absolute Gasteiger partial charge is 0.308 e. The van der Waals surface area contributed by atoms with Gasteiger partial charge in [0.25, 0.3) is 0 Å². The molecule has 0 bridgehead atoms. The van der Waals surface area contributed by atoms with Gasteiger partial charge in [0.15, 0.2) is 0 Å². The van der Waals surface area contributed by atoms with Gasteiger partial charge in [0.2, 0.25) is 5.28 Å². The molecule has 0 aliphatic heterocycles. The van der Waals surface area contributed by atoms with Crippen LogP contribution in [-0.2, 0) is 0 Å². The van der Waals surface area contributed by atoms with Gasteiger partial charge in [-0.15, -0.1) is 22.7 Å². The van der Waals surface area contributed by atoms with Crippen LogP contribution in [0.25, 0.3) is 90.0 Å². The zero-order valence-corrected chi connectivity index (χ0v) is 26.3. The van der Waals surface area contributed by atoms with Crippen molar-refractivity contribution in [2.75, 3.05) is 0 Å². The number of nitriles is 1. The third-order valence-electron chi connectivity index (χ3n) is 8.94. The number of aromatic nitrogens is 3. The summed E-state index contributed by atoms with van der Waals surface area (Å²) in [6.45, 7) is 0. The number of rotatable bonds is 2. The van der Waals surface area contributed by atoms with Gasteiger partial charge >= 0.3 is 0 Å². The quantitative estimate of drug-likeness (QED) is 0.176. The van der Waals surface area contributed by atoms with E-state index in [-0.39, 0.29) is 5.28 Å². The molecule has 0 unspecified atom stereocenters. The Bertz CT molecular complexity index is 2960. The highest BCUT2D eigenvalue weighted by Crippen LogP contribution is 2.48. The van der Waals surface area contributed by atoms with Crippen LogP contribution in [0.15, 0.2) is 115 Å². The summed E-state index contributed by atoms with van der Waals surface area (Å²) in [6, 6.07) is 42.7. The second kappa shape index (κ2) is 9.59. The van der Waals surface area contributed by atoms with E-state index in [0.29, 0.717) is 5.56 Å². The highest BCUT2D eigenvalue weighted by molar-refractivity contribution is 7.27. The first kappa shape index (κ1) is 26.0. The summed E-state index contributed by atoms with van der Waals surface area (Å²) in [7, 11) is 0. The molecule has 46 heavy (non-hydrogen) atoms. The summed E-state index contributed by atoms with van der Waals surface area (Å²) in [6.07, 6.45) is 0. The average Bonchev–Trinajstić information content (AvgIpc) is 3.77. The van der Waals surface area contributed by atoms with Crippen molar-refractivity contribution in [1.82, 2.24) is 14.5 Å². The molecule has 214 valence electrons. The lowest BCUT2D eigenvalue weighted by atomic mass is 9.99. The van der Waals surface area contributed by atoms with Crippen molar-refractivity contribution in [3.8, 4) is 23.0 Å². The number of hydrogen-bond acceptors (Lipinski definition) is 5. The van der Waals surface area contributed by atoms with Gasteiger partial charge in [0.1, 0.15) is 4.83 Å². The summed E-state index contributed by atoms with van der Waals surface area (Å²) < 4.78 is 5.94. The van der Waals surface area contributed by atoms with Crippen molar-refractivity contribution in [3.05, 3.63) is 126 Å². The third-order valence-corrected chi connectivity index (χ3v) is 11.4. The molecule has 0 fully saturated rings. The first-order valence-corrected chi connectivity index (χ1v) is 16.8. The van der Waals surface area contributed by atoms with E-state index in [0.717, 1.165) is 48.3 Å². The molecular weight excluding hydrogens is 624 g/mol. The lowest BCUT2D eigenvalue weighted by Crippen LogP contribution is -1.97. The number of fused-ring (bicyclic) bond motifs is 13.